The summed E-state index contributed by atoms with van der Waals surface area (Å²) in [4.78, 5) is 9.37. The van der Waals surface area contributed by atoms with Gasteiger partial charge in [0.25, 0.3) is 0 Å². The average molecular weight is 799 g/mol. The Bertz CT molecular complexity index is 2320. The Morgan fingerprint density at radius 3 is 2.21 bits per heavy atom. The number of nitrogens with zero attached hydrogens (tertiary/aromatic N) is 2. The van der Waals surface area contributed by atoms with Gasteiger partial charge in [-0.1, -0.05) is 122 Å². The van der Waals surface area contributed by atoms with E-state index in [1.807, 2.05) is 36.5 Å². The van der Waals surface area contributed by atoms with Gasteiger partial charge in [-0.25, -0.2) is 0 Å². The predicted octanol–water partition coefficient (Wildman–Crippen LogP) is 11.4. The standard InChI is InChI=1S/C24H18N.C19H12NS.Ir/c1-24(2)21-10-6-5-9-19(21)20-12-11-17(13-22(20)24)23-14-16-7-3-4-8-18(16)15-25-23;1-2-7-14(8-3-1)15-9-6-10-16(13-15)19-20-17-11-4-5-12-18(17)21-19;/h3-10,12-15H,1-2H3;1-9,11-13H;/q2*-1;. The predicted molar refractivity (Wildman–Crippen MR) is 193 cm³/mol. The first kappa shape index (κ1) is 30.9. The number of fused-ring (bicyclic) bond motifs is 5. The molecule has 2 heterocycles. The summed E-state index contributed by atoms with van der Waals surface area (Å²) >= 11 is 1.71. The Balaban J connectivity index is 0.000000148. The number of hydrogen-bond donors (Lipinski definition) is 0. The van der Waals surface area contributed by atoms with Crippen LogP contribution < -0.4 is 0 Å². The molecule has 0 N–H and O–H groups in total. The van der Waals surface area contributed by atoms with Crippen LogP contribution in [-0.2, 0) is 25.5 Å². The van der Waals surface area contributed by atoms with E-state index < -0.39 is 0 Å². The minimum absolute atomic E-state index is 0. The number of benzene rings is 6. The molecule has 0 atom stereocenters. The minimum Gasteiger partial charge on any atom is -0.304 e. The van der Waals surface area contributed by atoms with Crippen molar-refractivity contribution in [2.24, 2.45) is 0 Å². The van der Waals surface area contributed by atoms with Crippen LogP contribution in [0.4, 0.5) is 0 Å². The molecule has 4 heteroatoms. The number of rotatable bonds is 3. The topological polar surface area (TPSA) is 25.8 Å². The Hall–Kier alpha value is -4.73. The largest absolute Gasteiger partial charge is 0.304 e. The van der Waals surface area contributed by atoms with Gasteiger partial charge in [-0.05, 0) is 45.1 Å². The van der Waals surface area contributed by atoms with Crippen molar-refractivity contribution in [2.75, 3.05) is 0 Å². The summed E-state index contributed by atoms with van der Waals surface area (Å²) in [6.45, 7) is 4.60. The Morgan fingerprint density at radius 1 is 0.617 bits per heavy atom. The van der Waals surface area contributed by atoms with E-state index >= 15 is 0 Å². The average Bonchev–Trinajstić information content (AvgIpc) is 3.65. The molecule has 2 nitrogen and oxygen atoms in total. The number of pyridine rings is 1. The summed E-state index contributed by atoms with van der Waals surface area (Å²) in [6, 6.07) is 55.2. The quantitative estimate of drug-likeness (QED) is 0.166. The summed E-state index contributed by atoms with van der Waals surface area (Å²) in [5, 5.41) is 3.40. The zero-order valence-corrected chi connectivity index (χ0v) is 29.2. The van der Waals surface area contributed by atoms with Crippen LogP contribution in [0, 0.1) is 12.1 Å². The van der Waals surface area contributed by atoms with Crippen molar-refractivity contribution < 1.29 is 20.1 Å². The van der Waals surface area contributed by atoms with Crippen LogP contribution in [0.1, 0.15) is 25.0 Å². The van der Waals surface area contributed by atoms with Crippen LogP contribution in [0.25, 0.3) is 65.1 Å². The smallest absolute Gasteiger partial charge is 0.0697 e. The second-order valence-corrected chi connectivity index (χ2v) is 13.1. The molecule has 47 heavy (non-hydrogen) atoms. The van der Waals surface area contributed by atoms with E-state index in [2.05, 4.69) is 140 Å². The maximum absolute atomic E-state index is 4.71. The first-order chi connectivity index (χ1) is 22.5. The summed E-state index contributed by atoms with van der Waals surface area (Å²) in [5.41, 5.74) is 11.9. The van der Waals surface area contributed by atoms with Crippen molar-refractivity contribution in [1.82, 2.24) is 9.97 Å². The Kier molecular flexibility index (Phi) is 8.42. The van der Waals surface area contributed by atoms with E-state index in [0.717, 1.165) is 27.3 Å². The van der Waals surface area contributed by atoms with Crippen LogP contribution in [-0.4, -0.2) is 9.97 Å². The van der Waals surface area contributed by atoms with Crippen molar-refractivity contribution in [2.45, 2.75) is 19.3 Å². The van der Waals surface area contributed by atoms with Crippen LogP contribution in [0.3, 0.4) is 0 Å². The molecule has 0 saturated heterocycles. The molecular weight excluding hydrogens is 769 g/mol. The van der Waals surface area contributed by atoms with Crippen LogP contribution >= 0.6 is 11.3 Å². The zero-order chi connectivity index (χ0) is 31.1. The van der Waals surface area contributed by atoms with E-state index in [4.69, 9.17) is 4.98 Å². The third-order valence-corrected chi connectivity index (χ3v) is 9.92. The molecule has 8 aromatic rings. The summed E-state index contributed by atoms with van der Waals surface area (Å²) < 4.78 is 1.21. The molecule has 0 bridgehead atoms. The van der Waals surface area contributed by atoms with Crippen molar-refractivity contribution in [1.29, 1.82) is 0 Å². The maximum atomic E-state index is 4.71. The Labute approximate surface area is 293 Å². The maximum Gasteiger partial charge on any atom is 0.0697 e. The van der Waals surface area contributed by atoms with Gasteiger partial charge in [0.05, 0.1) is 5.52 Å². The number of hydrogen-bond acceptors (Lipinski definition) is 3. The molecule has 1 radical (unpaired) electrons. The fraction of sp³-hybridized carbons (Fsp3) is 0.0698. The van der Waals surface area contributed by atoms with E-state index in [1.165, 1.54) is 48.9 Å². The zero-order valence-electron chi connectivity index (χ0n) is 26.0. The molecule has 9 rings (SSSR count). The third kappa shape index (κ3) is 5.85. The molecular formula is C43H30IrN2S-2. The molecule has 6 aromatic carbocycles. The van der Waals surface area contributed by atoms with Gasteiger partial charge in [0.2, 0.25) is 0 Å². The van der Waals surface area contributed by atoms with Crippen LogP contribution in [0.2, 0.25) is 0 Å². The van der Waals surface area contributed by atoms with Gasteiger partial charge in [-0.3, -0.25) is 4.98 Å². The summed E-state index contributed by atoms with van der Waals surface area (Å²) in [5.74, 6) is 0. The molecule has 0 saturated carbocycles. The van der Waals surface area contributed by atoms with Gasteiger partial charge in [-0.15, -0.1) is 64.7 Å². The van der Waals surface area contributed by atoms with E-state index in [0.29, 0.717) is 0 Å². The SMILES string of the molecule is CC1(C)c2ccccc2-c2c[c-]c(-c3cc4ccccc4cn3)cc21.[Ir].[c-]1ccc(-c2ccccc2)cc1-c1nc2ccccc2s1. The van der Waals surface area contributed by atoms with Gasteiger partial charge >= 0.3 is 0 Å². The van der Waals surface area contributed by atoms with E-state index in [-0.39, 0.29) is 25.5 Å². The Morgan fingerprint density at radius 2 is 1.36 bits per heavy atom. The monoisotopic (exact) mass is 799 g/mol. The van der Waals surface area contributed by atoms with Crippen LogP contribution in [0.5, 0.6) is 0 Å². The summed E-state index contributed by atoms with van der Waals surface area (Å²) in [6.07, 6.45) is 1.95. The molecule has 1 aliphatic rings. The number of aromatic nitrogens is 2. The molecule has 0 unspecified atom stereocenters. The van der Waals surface area contributed by atoms with Crippen molar-refractivity contribution in [3.05, 3.63) is 169 Å². The summed E-state index contributed by atoms with van der Waals surface area (Å²) in [7, 11) is 0. The molecule has 0 aliphatic heterocycles. The molecule has 1 aliphatic carbocycles. The van der Waals surface area contributed by atoms with Crippen molar-refractivity contribution in [3.63, 3.8) is 0 Å². The second kappa shape index (κ2) is 12.8. The number of para-hydroxylation sites is 1. The van der Waals surface area contributed by atoms with E-state index in [1.54, 1.807) is 11.3 Å². The molecule has 0 amide bonds. The normalized spacial score (nSPS) is 12.5. The van der Waals surface area contributed by atoms with Crippen molar-refractivity contribution >= 4 is 32.3 Å². The molecule has 229 valence electrons. The minimum atomic E-state index is 0. The molecule has 0 spiro atoms. The van der Waals surface area contributed by atoms with Crippen LogP contribution in [0.15, 0.2) is 146 Å². The van der Waals surface area contributed by atoms with E-state index in [9.17, 15) is 0 Å². The van der Waals surface area contributed by atoms with Gasteiger partial charge in [0, 0.05) is 36.0 Å². The fourth-order valence-electron chi connectivity index (χ4n) is 6.41. The van der Waals surface area contributed by atoms with Gasteiger partial charge in [0.15, 0.2) is 0 Å². The van der Waals surface area contributed by atoms with Gasteiger partial charge < -0.3 is 4.98 Å². The van der Waals surface area contributed by atoms with Gasteiger partial charge in [0.1, 0.15) is 0 Å². The number of thiazole rings is 1. The van der Waals surface area contributed by atoms with Crippen molar-refractivity contribution in [3.8, 4) is 44.1 Å². The first-order valence-corrected chi connectivity index (χ1v) is 16.3. The molecule has 0 fully saturated rings. The van der Waals surface area contributed by atoms with Gasteiger partial charge in [-0.2, -0.15) is 11.3 Å². The fourth-order valence-corrected chi connectivity index (χ4v) is 7.35. The second-order valence-electron chi connectivity index (χ2n) is 12.1. The first-order valence-electron chi connectivity index (χ1n) is 15.5. The third-order valence-electron chi connectivity index (χ3n) is 8.85. The molecule has 2 aromatic heterocycles.